The fourth-order valence-corrected chi connectivity index (χ4v) is 6.18. The molecule has 40 heavy (non-hydrogen) atoms. The zero-order valence-electron chi connectivity index (χ0n) is 23.1. The first-order chi connectivity index (χ1) is 19.0. The van der Waals surface area contributed by atoms with Gasteiger partial charge in [-0.1, -0.05) is 6.07 Å². The molecule has 3 aromatic heterocycles. The van der Waals surface area contributed by atoms with Crippen LogP contribution in [0.15, 0.2) is 58.3 Å². The number of methoxy groups -OCH3 is 2. The summed E-state index contributed by atoms with van der Waals surface area (Å²) >= 11 is 0. The van der Waals surface area contributed by atoms with Crippen LogP contribution in [0.5, 0.6) is 11.5 Å². The minimum absolute atomic E-state index is 0.0141. The van der Waals surface area contributed by atoms with Crippen LogP contribution in [0.4, 0.5) is 10.3 Å². The molecule has 0 atom stereocenters. The summed E-state index contributed by atoms with van der Waals surface area (Å²) in [6, 6.07) is 9.23. The molecule has 0 saturated heterocycles. The summed E-state index contributed by atoms with van der Waals surface area (Å²) in [7, 11) is -2.94. The molecule has 0 amide bonds. The lowest BCUT2D eigenvalue weighted by atomic mass is 10.2. The number of para-hydroxylation sites is 1. The van der Waals surface area contributed by atoms with E-state index in [0.29, 0.717) is 29.0 Å². The molecule has 0 spiro atoms. The molecule has 213 valence electrons. The van der Waals surface area contributed by atoms with Crippen LogP contribution >= 0.6 is 0 Å². The van der Waals surface area contributed by atoms with Crippen LogP contribution in [0.3, 0.4) is 0 Å². The summed E-state index contributed by atoms with van der Waals surface area (Å²) in [5.41, 5.74) is 0.399. The molecule has 0 unspecified atom stereocenters. The quantitative estimate of drug-likeness (QED) is 0.223. The Morgan fingerprint density at radius 1 is 1.07 bits per heavy atom. The van der Waals surface area contributed by atoms with E-state index < -0.39 is 23.9 Å². The highest BCUT2D eigenvalue weighted by Gasteiger charge is 2.33. The highest BCUT2D eigenvalue weighted by atomic mass is 32.2. The van der Waals surface area contributed by atoms with E-state index in [0.717, 1.165) is 12.4 Å². The number of anilines is 1. The van der Waals surface area contributed by atoms with Crippen molar-refractivity contribution in [1.82, 2.24) is 24.7 Å². The Morgan fingerprint density at radius 3 is 2.27 bits per heavy atom. The van der Waals surface area contributed by atoms with Crippen molar-refractivity contribution in [3.05, 3.63) is 65.5 Å². The molecule has 1 aromatic carbocycles. The summed E-state index contributed by atoms with van der Waals surface area (Å²) in [6.45, 7) is 8.00. The van der Waals surface area contributed by atoms with Gasteiger partial charge in [-0.2, -0.15) is 19.6 Å². The van der Waals surface area contributed by atoms with Gasteiger partial charge in [-0.25, -0.2) is 27.1 Å². The summed E-state index contributed by atoms with van der Waals surface area (Å²) in [6.07, 6.45) is 4.72. The Morgan fingerprint density at radius 2 is 1.73 bits per heavy atom. The van der Waals surface area contributed by atoms with E-state index in [9.17, 15) is 12.8 Å². The van der Waals surface area contributed by atoms with E-state index in [2.05, 4.69) is 39.8 Å². The summed E-state index contributed by atoms with van der Waals surface area (Å²) < 4.78 is 61.4. The molecular weight excluding hydrogens is 555 g/mol. The van der Waals surface area contributed by atoms with E-state index in [-0.39, 0.29) is 29.0 Å². The second-order valence-corrected chi connectivity index (χ2v) is 17.7. The van der Waals surface area contributed by atoms with E-state index >= 15 is 0 Å². The summed E-state index contributed by atoms with van der Waals surface area (Å²) in [5, 5.41) is 8.71. The van der Waals surface area contributed by atoms with E-state index in [1.807, 2.05) is 0 Å². The highest BCUT2D eigenvalue weighted by Crippen LogP contribution is 2.39. The fraction of sp³-hybridized carbons (Fsp3) is 0.308. The summed E-state index contributed by atoms with van der Waals surface area (Å²) in [5.74, 6) is 0.863. The maximum absolute atomic E-state index is 14.2. The maximum Gasteiger partial charge on any atom is 0.262 e. The molecule has 3 heterocycles. The van der Waals surface area contributed by atoms with Crippen LogP contribution in [0.2, 0.25) is 25.7 Å². The van der Waals surface area contributed by atoms with Gasteiger partial charge in [-0.15, -0.1) is 24.3 Å². The van der Waals surface area contributed by atoms with Crippen molar-refractivity contribution >= 4 is 30.1 Å². The minimum atomic E-state index is -4.20. The Labute approximate surface area is 233 Å². The van der Waals surface area contributed by atoms with Gasteiger partial charge in [0.05, 0.1) is 37.8 Å². The van der Waals surface area contributed by atoms with Crippen molar-refractivity contribution in [2.24, 2.45) is 0 Å². The third kappa shape index (κ3) is 6.07. The molecule has 0 radical (unpaired) electrons. The van der Waals surface area contributed by atoms with Crippen molar-refractivity contribution in [1.29, 1.82) is 0 Å². The number of benzene rings is 1. The van der Waals surface area contributed by atoms with Gasteiger partial charge in [-0.05, 0) is 37.3 Å². The Kier molecular flexibility index (Phi) is 8.39. The molecule has 11 nitrogen and oxygen atoms in total. The Bertz CT molecular complexity index is 1580. The van der Waals surface area contributed by atoms with Crippen LogP contribution in [0.25, 0.3) is 23.3 Å². The second-order valence-electron chi connectivity index (χ2n) is 10.0. The molecule has 0 aliphatic carbocycles. The van der Waals surface area contributed by atoms with Gasteiger partial charge >= 0.3 is 0 Å². The molecule has 0 aliphatic heterocycles. The molecule has 4 aromatic rings. The van der Waals surface area contributed by atoms with Gasteiger partial charge in [0.2, 0.25) is 11.8 Å². The first-order valence-corrected chi connectivity index (χ1v) is 17.5. The van der Waals surface area contributed by atoms with Crippen molar-refractivity contribution in [2.45, 2.75) is 32.6 Å². The summed E-state index contributed by atoms with van der Waals surface area (Å²) in [4.78, 5) is 7.70. The molecule has 0 aliphatic rings. The molecule has 0 saturated carbocycles. The van der Waals surface area contributed by atoms with Gasteiger partial charge in [0.25, 0.3) is 10.0 Å². The number of hydrogen-bond acceptors (Lipinski definition) is 9. The van der Waals surface area contributed by atoms with Crippen molar-refractivity contribution in [2.75, 3.05) is 25.1 Å². The number of ether oxygens (including phenoxy) is 2. The number of hydrogen-bond donors (Lipinski definition) is 0. The molecule has 0 N–H and O–H groups in total. The average Bonchev–Trinajstić information content (AvgIpc) is 3.59. The predicted molar refractivity (Wildman–Crippen MR) is 152 cm³/mol. The smallest absolute Gasteiger partial charge is 0.262 e. The number of sulfonamides is 1. The monoisotopic (exact) mass is 586 g/mol. The van der Waals surface area contributed by atoms with Crippen molar-refractivity contribution in [3.8, 4) is 28.8 Å². The topological polar surface area (TPSA) is 125 Å². The van der Waals surface area contributed by atoms with E-state index in [1.165, 1.54) is 37.8 Å². The first kappa shape index (κ1) is 29.0. The molecule has 4 rings (SSSR count). The SMILES string of the molecule is COc1cccc(OC)c1-n1c(-c2ccco2)nnc1N(CC[Si-](C)(C)C)S(=O)(=O)/C(C)=C/c1ncc(F)cn1. The zero-order valence-corrected chi connectivity index (χ0v) is 24.9. The Hall–Kier alpha value is -4.04. The number of halogens is 1. The number of furan rings is 1. The van der Waals surface area contributed by atoms with Gasteiger partial charge in [0.15, 0.2) is 17.4 Å². The molecule has 14 heteroatoms. The minimum Gasteiger partial charge on any atom is -0.494 e. The first-order valence-electron chi connectivity index (χ1n) is 12.4. The highest BCUT2D eigenvalue weighted by molar-refractivity contribution is 7.96. The van der Waals surface area contributed by atoms with E-state index in [4.69, 9.17) is 13.9 Å². The van der Waals surface area contributed by atoms with Gasteiger partial charge in [0.1, 0.15) is 17.2 Å². The van der Waals surface area contributed by atoms with Gasteiger partial charge < -0.3 is 13.9 Å². The molecular formula is C26H31FN6O5SSi-. The van der Waals surface area contributed by atoms with Crippen LogP contribution < -0.4 is 13.8 Å². The number of nitrogens with zero attached hydrogens (tertiary/aromatic N) is 6. The maximum atomic E-state index is 14.2. The lowest BCUT2D eigenvalue weighted by Crippen LogP contribution is -2.38. The van der Waals surface area contributed by atoms with Crippen LogP contribution in [-0.2, 0) is 10.0 Å². The number of rotatable bonds is 11. The second kappa shape index (κ2) is 11.6. The van der Waals surface area contributed by atoms with Crippen LogP contribution in [0.1, 0.15) is 12.7 Å². The number of aromatic nitrogens is 5. The molecule has 0 fully saturated rings. The predicted octanol–water partition coefficient (Wildman–Crippen LogP) is 5.01. The zero-order chi connectivity index (χ0) is 29.1. The van der Waals surface area contributed by atoms with Gasteiger partial charge in [-0.3, -0.25) is 4.57 Å². The van der Waals surface area contributed by atoms with Crippen LogP contribution in [-0.4, -0.2) is 62.0 Å². The lowest BCUT2D eigenvalue weighted by molar-refractivity contribution is 0.391. The van der Waals surface area contributed by atoms with E-state index in [1.54, 1.807) is 34.9 Å². The van der Waals surface area contributed by atoms with Crippen molar-refractivity contribution in [3.63, 3.8) is 0 Å². The third-order valence-corrected chi connectivity index (χ3v) is 9.55. The standard InChI is InChI=1S/C26H31FN6O5SSi/c1-18(15-23-28-16-19(27)17-29-23)39(34,35)32(12-14-40(4,5)6)26-31-30-25(22-11-8-13-38-22)33(26)24-20(36-2)9-7-10-21(24)37-3/h7-11,13,15-17H,12,14H2,1-6H3/q-1/b18-15+. The Balaban J connectivity index is 1.98. The average molecular weight is 587 g/mol. The molecule has 0 bridgehead atoms. The lowest BCUT2D eigenvalue weighted by Gasteiger charge is -2.32. The third-order valence-electron chi connectivity index (χ3n) is 5.97. The van der Waals surface area contributed by atoms with Crippen molar-refractivity contribution < 1.29 is 26.7 Å². The fourth-order valence-electron chi connectivity index (χ4n) is 3.85. The van der Waals surface area contributed by atoms with Gasteiger partial charge in [0, 0.05) is 6.54 Å². The normalized spacial score (nSPS) is 12.4. The van der Waals surface area contributed by atoms with Crippen LogP contribution in [0, 0.1) is 5.82 Å². The number of allylic oxidation sites excluding steroid dienone is 1. The largest absolute Gasteiger partial charge is 0.494 e.